The maximum absolute atomic E-state index is 5.94. The summed E-state index contributed by atoms with van der Waals surface area (Å²) in [6, 6.07) is 8.52. The van der Waals surface area contributed by atoms with E-state index in [9.17, 15) is 0 Å². The zero-order valence-electron chi connectivity index (χ0n) is 13.6. The molecule has 2 atom stereocenters. The minimum Gasteiger partial charge on any atom is -0.491 e. The van der Waals surface area contributed by atoms with Gasteiger partial charge in [-0.25, -0.2) is 0 Å². The van der Waals surface area contributed by atoms with Crippen LogP contribution in [-0.4, -0.2) is 6.10 Å². The van der Waals surface area contributed by atoms with Gasteiger partial charge in [-0.2, -0.15) is 0 Å². The maximum atomic E-state index is 5.94. The molecule has 0 bridgehead atoms. The molecule has 1 heteroatoms. The van der Waals surface area contributed by atoms with Crippen LogP contribution >= 0.6 is 0 Å². The highest BCUT2D eigenvalue weighted by molar-refractivity contribution is 5.29. The van der Waals surface area contributed by atoms with Crippen molar-refractivity contribution in [3.05, 3.63) is 66.8 Å². The van der Waals surface area contributed by atoms with Gasteiger partial charge in [-0.05, 0) is 49.8 Å². The standard InChI is InChI=1S/C20H28O/c1-5-7-8-9-10-11-12-18(4)21-20-15-13-19(14-16-20)17(3)6-2/h5,7-10,13-18H,1,6,11-12H2,2-4H3/b8-7+,10-9+. The van der Waals surface area contributed by atoms with Crippen molar-refractivity contribution in [3.63, 3.8) is 0 Å². The Morgan fingerprint density at radius 1 is 1.10 bits per heavy atom. The Labute approximate surface area is 130 Å². The molecule has 1 aromatic rings. The van der Waals surface area contributed by atoms with Crippen molar-refractivity contribution in [2.45, 2.75) is 52.1 Å². The summed E-state index contributed by atoms with van der Waals surface area (Å²) in [5.74, 6) is 1.58. The zero-order valence-corrected chi connectivity index (χ0v) is 13.6. The van der Waals surface area contributed by atoms with Gasteiger partial charge in [-0.1, -0.05) is 62.9 Å². The molecule has 0 saturated carbocycles. The van der Waals surface area contributed by atoms with Gasteiger partial charge in [0.25, 0.3) is 0 Å². The summed E-state index contributed by atoms with van der Waals surface area (Å²) in [4.78, 5) is 0. The highest BCUT2D eigenvalue weighted by Gasteiger charge is 2.05. The molecule has 1 nitrogen and oxygen atoms in total. The molecule has 0 N–H and O–H groups in total. The van der Waals surface area contributed by atoms with Crippen LogP contribution in [-0.2, 0) is 0 Å². The third-order valence-corrected chi connectivity index (χ3v) is 3.63. The minimum absolute atomic E-state index is 0.229. The van der Waals surface area contributed by atoms with Gasteiger partial charge in [-0.3, -0.25) is 0 Å². The van der Waals surface area contributed by atoms with Crippen molar-refractivity contribution in [1.29, 1.82) is 0 Å². The van der Waals surface area contributed by atoms with Crippen LogP contribution in [0.5, 0.6) is 5.75 Å². The number of rotatable bonds is 9. The van der Waals surface area contributed by atoms with E-state index in [1.165, 1.54) is 12.0 Å². The topological polar surface area (TPSA) is 9.23 Å². The van der Waals surface area contributed by atoms with Crippen molar-refractivity contribution in [2.75, 3.05) is 0 Å². The summed E-state index contributed by atoms with van der Waals surface area (Å²) >= 11 is 0. The fourth-order valence-electron chi connectivity index (χ4n) is 2.05. The number of hydrogen-bond donors (Lipinski definition) is 0. The molecule has 0 aromatic heterocycles. The number of hydrogen-bond acceptors (Lipinski definition) is 1. The molecule has 0 radical (unpaired) electrons. The predicted molar refractivity (Wildman–Crippen MR) is 92.9 cm³/mol. The molecule has 0 spiro atoms. The molecule has 0 saturated heterocycles. The third kappa shape index (κ3) is 6.99. The molecule has 0 amide bonds. The normalized spacial score (nSPS) is 14.4. The van der Waals surface area contributed by atoms with Gasteiger partial charge in [0, 0.05) is 0 Å². The van der Waals surface area contributed by atoms with E-state index in [1.807, 2.05) is 12.2 Å². The Kier molecular flexibility index (Phi) is 8.27. The summed E-state index contributed by atoms with van der Waals surface area (Å²) in [5, 5.41) is 0. The lowest BCUT2D eigenvalue weighted by molar-refractivity contribution is 0.212. The Hall–Kier alpha value is -1.76. The summed E-state index contributed by atoms with van der Waals surface area (Å²) in [6.45, 7) is 10.2. The third-order valence-electron chi connectivity index (χ3n) is 3.63. The average Bonchev–Trinajstić information content (AvgIpc) is 2.50. The summed E-state index contributed by atoms with van der Waals surface area (Å²) < 4.78 is 5.94. The fourth-order valence-corrected chi connectivity index (χ4v) is 2.05. The van der Waals surface area contributed by atoms with Crippen LogP contribution in [0.4, 0.5) is 0 Å². The van der Waals surface area contributed by atoms with Crippen molar-refractivity contribution < 1.29 is 4.74 Å². The van der Waals surface area contributed by atoms with Gasteiger partial charge in [0.2, 0.25) is 0 Å². The first-order valence-electron chi connectivity index (χ1n) is 7.88. The first kappa shape index (κ1) is 17.3. The molecule has 1 rings (SSSR count). The van der Waals surface area contributed by atoms with Crippen LogP contribution in [0.15, 0.2) is 61.2 Å². The largest absolute Gasteiger partial charge is 0.491 e. The van der Waals surface area contributed by atoms with Crippen LogP contribution in [0.2, 0.25) is 0 Å². The lowest BCUT2D eigenvalue weighted by Gasteiger charge is -2.15. The molecule has 0 aliphatic carbocycles. The quantitative estimate of drug-likeness (QED) is 0.502. The van der Waals surface area contributed by atoms with Crippen molar-refractivity contribution in [3.8, 4) is 5.75 Å². The second-order valence-corrected chi connectivity index (χ2v) is 5.43. The van der Waals surface area contributed by atoms with E-state index >= 15 is 0 Å². The minimum atomic E-state index is 0.229. The lowest BCUT2D eigenvalue weighted by atomic mass is 9.99. The van der Waals surface area contributed by atoms with E-state index in [-0.39, 0.29) is 6.10 Å². The lowest BCUT2D eigenvalue weighted by Crippen LogP contribution is -2.11. The highest BCUT2D eigenvalue weighted by Crippen LogP contribution is 2.22. The molecule has 1 aromatic carbocycles. The molecule has 0 fully saturated rings. The Morgan fingerprint density at radius 3 is 2.43 bits per heavy atom. The molecule has 21 heavy (non-hydrogen) atoms. The monoisotopic (exact) mass is 284 g/mol. The van der Waals surface area contributed by atoms with Crippen LogP contribution < -0.4 is 4.74 Å². The Bertz CT molecular complexity index is 453. The molecular weight excluding hydrogens is 256 g/mol. The second kappa shape index (κ2) is 10.0. The summed E-state index contributed by atoms with van der Waals surface area (Å²) in [7, 11) is 0. The Balaban J connectivity index is 2.37. The molecule has 0 aliphatic rings. The van der Waals surface area contributed by atoms with E-state index in [2.05, 4.69) is 63.8 Å². The molecular formula is C20H28O. The van der Waals surface area contributed by atoms with E-state index in [1.54, 1.807) is 6.08 Å². The van der Waals surface area contributed by atoms with Crippen LogP contribution in [0, 0.1) is 0 Å². The van der Waals surface area contributed by atoms with Crippen molar-refractivity contribution >= 4 is 0 Å². The van der Waals surface area contributed by atoms with Crippen LogP contribution in [0.3, 0.4) is 0 Å². The summed E-state index contributed by atoms with van der Waals surface area (Å²) in [5.41, 5.74) is 1.38. The Morgan fingerprint density at radius 2 is 1.81 bits per heavy atom. The van der Waals surface area contributed by atoms with E-state index in [4.69, 9.17) is 4.74 Å². The smallest absolute Gasteiger partial charge is 0.119 e. The first-order valence-corrected chi connectivity index (χ1v) is 7.88. The fraction of sp³-hybridized carbons (Fsp3) is 0.400. The summed E-state index contributed by atoms with van der Waals surface area (Å²) in [6.07, 6.45) is 13.3. The van der Waals surface area contributed by atoms with Crippen LogP contribution in [0.25, 0.3) is 0 Å². The second-order valence-electron chi connectivity index (χ2n) is 5.43. The van der Waals surface area contributed by atoms with Crippen molar-refractivity contribution in [1.82, 2.24) is 0 Å². The highest BCUT2D eigenvalue weighted by atomic mass is 16.5. The molecule has 0 heterocycles. The average molecular weight is 284 g/mol. The maximum Gasteiger partial charge on any atom is 0.119 e. The number of ether oxygens (including phenoxy) is 1. The number of allylic oxidation sites excluding steroid dienone is 5. The van der Waals surface area contributed by atoms with E-state index < -0.39 is 0 Å². The van der Waals surface area contributed by atoms with Crippen LogP contribution in [0.1, 0.15) is 51.5 Å². The molecule has 114 valence electrons. The van der Waals surface area contributed by atoms with Gasteiger partial charge in [0.05, 0.1) is 6.10 Å². The number of benzene rings is 1. The van der Waals surface area contributed by atoms with Gasteiger partial charge in [0.15, 0.2) is 0 Å². The molecule has 2 unspecified atom stereocenters. The van der Waals surface area contributed by atoms with Gasteiger partial charge in [-0.15, -0.1) is 0 Å². The SMILES string of the molecule is C=C/C=C/C=C/CCC(C)Oc1ccc(C(C)CC)cc1. The predicted octanol–water partition coefficient (Wildman–Crippen LogP) is 6.05. The van der Waals surface area contributed by atoms with E-state index in [0.29, 0.717) is 5.92 Å². The van der Waals surface area contributed by atoms with Gasteiger partial charge in [0.1, 0.15) is 5.75 Å². The zero-order chi connectivity index (χ0) is 15.5. The molecule has 0 aliphatic heterocycles. The van der Waals surface area contributed by atoms with Gasteiger partial charge < -0.3 is 4.74 Å². The van der Waals surface area contributed by atoms with Crippen molar-refractivity contribution in [2.24, 2.45) is 0 Å². The van der Waals surface area contributed by atoms with E-state index in [0.717, 1.165) is 18.6 Å². The van der Waals surface area contributed by atoms with Gasteiger partial charge >= 0.3 is 0 Å². The first-order chi connectivity index (χ1) is 10.2.